The molecule has 1 fully saturated rings. The molecule has 0 saturated heterocycles. The van der Waals surface area contributed by atoms with E-state index in [2.05, 4.69) is 5.32 Å². The lowest BCUT2D eigenvalue weighted by Gasteiger charge is -2.23. The molecule has 0 aromatic heterocycles. The number of amides is 1. The molecule has 0 spiro atoms. The van der Waals surface area contributed by atoms with Gasteiger partial charge in [-0.15, -0.1) is 0 Å². The van der Waals surface area contributed by atoms with Crippen molar-refractivity contribution < 1.29 is 23.9 Å². The van der Waals surface area contributed by atoms with E-state index in [0.717, 1.165) is 24.8 Å². The number of nitrogens with one attached hydrogen (secondary N) is 1. The zero-order chi connectivity index (χ0) is 18.8. The number of hydrogen-bond donors (Lipinski definition) is 2. The van der Waals surface area contributed by atoms with Crippen molar-refractivity contribution in [1.82, 2.24) is 5.32 Å². The summed E-state index contributed by atoms with van der Waals surface area (Å²) in [5.41, 5.74) is 6.66. The third-order valence-corrected chi connectivity index (χ3v) is 4.37. The fourth-order valence-electron chi connectivity index (χ4n) is 2.47. The number of carbonyl (C=O) groups excluding carboxylic acids is 3. The van der Waals surface area contributed by atoms with Crippen LogP contribution in [0.25, 0.3) is 0 Å². The number of alkyl carbamates (subject to hydrolysis) is 1. The second-order valence-corrected chi connectivity index (χ2v) is 6.46. The summed E-state index contributed by atoms with van der Waals surface area (Å²) in [7, 11) is 0. The molecule has 7 heteroatoms. The Morgan fingerprint density at radius 1 is 1.15 bits per heavy atom. The Hall–Kier alpha value is -2.41. The van der Waals surface area contributed by atoms with Crippen molar-refractivity contribution in [3.63, 3.8) is 0 Å². The van der Waals surface area contributed by atoms with Crippen LogP contribution in [0, 0.1) is 5.92 Å². The van der Waals surface area contributed by atoms with Gasteiger partial charge < -0.3 is 20.5 Å². The van der Waals surface area contributed by atoms with Crippen LogP contribution in [0.5, 0.6) is 0 Å². The third-order valence-electron chi connectivity index (χ3n) is 4.37. The Labute approximate surface area is 153 Å². The average molecular weight is 362 g/mol. The van der Waals surface area contributed by atoms with E-state index in [-0.39, 0.29) is 12.5 Å². The summed E-state index contributed by atoms with van der Waals surface area (Å²) in [5.74, 6) is -1.27. The Morgan fingerprint density at radius 3 is 2.54 bits per heavy atom. The number of esters is 2. The highest BCUT2D eigenvalue weighted by atomic mass is 16.6. The molecule has 1 amide bonds. The number of benzene rings is 1. The molecule has 0 aliphatic heterocycles. The lowest BCUT2D eigenvalue weighted by atomic mass is 9.86. The first-order valence-corrected chi connectivity index (χ1v) is 9.02. The molecule has 142 valence electrons. The van der Waals surface area contributed by atoms with E-state index in [1.807, 2.05) is 30.3 Å². The predicted octanol–water partition coefficient (Wildman–Crippen LogP) is 2.28. The molecular weight excluding hydrogens is 336 g/mol. The molecule has 1 atom stereocenters. The molecule has 1 aliphatic carbocycles. The van der Waals surface area contributed by atoms with Crippen LogP contribution >= 0.6 is 0 Å². The van der Waals surface area contributed by atoms with Crippen LogP contribution in [-0.4, -0.2) is 30.6 Å². The topological polar surface area (TPSA) is 108 Å². The van der Waals surface area contributed by atoms with Gasteiger partial charge in [0.05, 0.1) is 5.92 Å². The zero-order valence-corrected chi connectivity index (χ0v) is 14.8. The van der Waals surface area contributed by atoms with Crippen molar-refractivity contribution in [3.8, 4) is 0 Å². The number of rotatable bonds is 9. The van der Waals surface area contributed by atoms with E-state index in [1.54, 1.807) is 0 Å². The number of carbonyl (C=O) groups is 3. The number of unbranched alkanes of at least 4 members (excludes halogenated alkanes) is 1. The zero-order valence-electron chi connectivity index (χ0n) is 14.8. The maximum atomic E-state index is 11.7. The van der Waals surface area contributed by atoms with Gasteiger partial charge in [-0.25, -0.2) is 9.59 Å². The summed E-state index contributed by atoms with van der Waals surface area (Å²) >= 11 is 0. The summed E-state index contributed by atoms with van der Waals surface area (Å²) in [4.78, 5) is 34.9. The summed E-state index contributed by atoms with van der Waals surface area (Å²) in [6, 6.07) is 8.60. The fraction of sp³-hybridized carbons (Fsp3) is 0.526. The van der Waals surface area contributed by atoms with Gasteiger partial charge in [-0.05, 0) is 37.7 Å². The van der Waals surface area contributed by atoms with Gasteiger partial charge in [0.2, 0.25) is 0 Å². The Bertz CT molecular complexity index is 601. The maximum absolute atomic E-state index is 11.7. The summed E-state index contributed by atoms with van der Waals surface area (Å²) in [5, 5.41) is 2.65. The van der Waals surface area contributed by atoms with Crippen LogP contribution in [-0.2, 0) is 25.7 Å². The van der Waals surface area contributed by atoms with E-state index in [4.69, 9.17) is 15.2 Å². The summed E-state index contributed by atoms with van der Waals surface area (Å²) < 4.78 is 9.88. The summed E-state index contributed by atoms with van der Waals surface area (Å²) in [6.07, 6.45) is 3.77. The van der Waals surface area contributed by atoms with E-state index in [9.17, 15) is 14.4 Å². The minimum atomic E-state index is -0.816. The Kier molecular flexibility index (Phi) is 8.08. The largest absolute Gasteiger partial charge is 0.445 e. The third kappa shape index (κ3) is 6.84. The van der Waals surface area contributed by atoms with Crippen molar-refractivity contribution in [2.75, 3.05) is 6.54 Å². The van der Waals surface area contributed by atoms with Crippen LogP contribution < -0.4 is 11.1 Å². The minimum Gasteiger partial charge on any atom is -0.445 e. The van der Waals surface area contributed by atoms with Crippen LogP contribution in [0.4, 0.5) is 4.79 Å². The van der Waals surface area contributed by atoms with Gasteiger partial charge in [-0.1, -0.05) is 36.8 Å². The Morgan fingerprint density at radius 2 is 1.88 bits per heavy atom. The Balaban J connectivity index is 1.50. The van der Waals surface area contributed by atoms with Crippen molar-refractivity contribution in [3.05, 3.63) is 35.9 Å². The van der Waals surface area contributed by atoms with Crippen molar-refractivity contribution in [2.45, 2.75) is 51.2 Å². The summed E-state index contributed by atoms with van der Waals surface area (Å²) in [6.45, 7) is 0.648. The molecule has 0 bridgehead atoms. The van der Waals surface area contributed by atoms with Crippen molar-refractivity contribution in [1.29, 1.82) is 0 Å². The lowest BCUT2D eigenvalue weighted by molar-refractivity contribution is -0.165. The molecule has 1 aliphatic rings. The van der Waals surface area contributed by atoms with Crippen LogP contribution in [0.3, 0.4) is 0 Å². The molecule has 2 rings (SSSR count). The number of hydrogen-bond acceptors (Lipinski definition) is 6. The molecule has 7 nitrogen and oxygen atoms in total. The first-order valence-electron chi connectivity index (χ1n) is 9.02. The first-order chi connectivity index (χ1) is 12.6. The van der Waals surface area contributed by atoms with Gasteiger partial charge >= 0.3 is 18.0 Å². The van der Waals surface area contributed by atoms with Gasteiger partial charge in [0.15, 0.2) is 0 Å². The highest BCUT2D eigenvalue weighted by Crippen LogP contribution is 2.27. The molecular formula is C19H26N2O5. The maximum Gasteiger partial charge on any atom is 0.407 e. The predicted molar refractivity (Wildman–Crippen MR) is 94.9 cm³/mol. The highest BCUT2D eigenvalue weighted by Gasteiger charge is 2.29. The molecule has 0 unspecified atom stereocenters. The second kappa shape index (κ2) is 10.6. The van der Waals surface area contributed by atoms with Gasteiger partial charge in [-0.3, -0.25) is 4.79 Å². The number of nitrogens with two attached hydrogens (primary N) is 1. The molecule has 1 aromatic rings. The van der Waals surface area contributed by atoms with E-state index >= 15 is 0 Å². The van der Waals surface area contributed by atoms with Crippen LogP contribution in [0.2, 0.25) is 0 Å². The highest BCUT2D eigenvalue weighted by molar-refractivity contribution is 5.89. The van der Waals surface area contributed by atoms with Gasteiger partial charge in [-0.2, -0.15) is 0 Å². The molecule has 1 saturated carbocycles. The number of ether oxygens (including phenoxy) is 2. The SMILES string of the molecule is N[C@@H](CCCCNC(=O)OCc1ccccc1)C(=O)OC(=O)C1CCC1. The first kappa shape index (κ1) is 19.9. The van der Waals surface area contributed by atoms with E-state index in [0.29, 0.717) is 25.8 Å². The lowest BCUT2D eigenvalue weighted by Crippen LogP contribution is -2.36. The fourth-order valence-corrected chi connectivity index (χ4v) is 2.47. The van der Waals surface area contributed by atoms with Crippen LogP contribution in [0.15, 0.2) is 30.3 Å². The van der Waals surface area contributed by atoms with Crippen LogP contribution in [0.1, 0.15) is 44.1 Å². The molecule has 3 N–H and O–H groups in total. The monoisotopic (exact) mass is 362 g/mol. The van der Waals surface area contributed by atoms with E-state index in [1.165, 1.54) is 0 Å². The van der Waals surface area contributed by atoms with Gasteiger partial charge in [0, 0.05) is 6.54 Å². The second-order valence-electron chi connectivity index (χ2n) is 6.46. The minimum absolute atomic E-state index is 0.141. The average Bonchev–Trinajstić information content (AvgIpc) is 2.58. The quantitative estimate of drug-likeness (QED) is 0.396. The molecule has 26 heavy (non-hydrogen) atoms. The molecule has 0 heterocycles. The van der Waals surface area contributed by atoms with Crippen molar-refractivity contribution in [2.24, 2.45) is 11.7 Å². The van der Waals surface area contributed by atoms with Gasteiger partial charge in [0.25, 0.3) is 0 Å². The standard InChI is InChI=1S/C19H26N2O5/c20-16(18(23)26-17(22)15-9-6-10-15)11-4-5-12-21-19(24)25-13-14-7-2-1-3-8-14/h1-3,7-8,15-16H,4-6,9-13,20H2,(H,21,24)/t16-/m0/s1. The molecule has 1 aromatic carbocycles. The van der Waals surface area contributed by atoms with Gasteiger partial charge in [0.1, 0.15) is 12.6 Å². The molecule has 0 radical (unpaired) electrons. The normalized spacial score (nSPS) is 14.8. The van der Waals surface area contributed by atoms with E-state index < -0.39 is 24.1 Å². The van der Waals surface area contributed by atoms with Crippen molar-refractivity contribution >= 4 is 18.0 Å². The smallest absolute Gasteiger partial charge is 0.407 e.